The van der Waals surface area contributed by atoms with Crippen molar-refractivity contribution in [3.05, 3.63) is 29.8 Å². The van der Waals surface area contributed by atoms with Crippen molar-refractivity contribution >= 4 is 11.6 Å². The zero-order valence-corrected chi connectivity index (χ0v) is 9.11. The van der Waals surface area contributed by atoms with Crippen molar-refractivity contribution in [2.75, 3.05) is 33.1 Å². The molecule has 0 bridgehead atoms. The molecule has 14 heavy (non-hydrogen) atoms. The number of nitrogens with zero attached hydrogens (tertiary/aromatic N) is 2. The Morgan fingerprint density at radius 1 is 1.07 bits per heavy atom. The van der Waals surface area contributed by atoms with Crippen molar-refractivity contribution in [2.24, 2.45) is 0 Å². The molecule has 0 aliphatic carbocycles. The summed E-state index contributed by atoms with van der Waals surface area (Å²) in [7, 11) is 7.38. The van der Waals surface area contributed by atoms with Crippen LogP contribution in [0.15, 0.2) is 24.3 Å². The number of carbonyl (C=O) groups is 1. The minimum absolute atomic E-state index is 0.0364. The van der Waals surface area contributed by atoms with Gasteiger partial charge in [-0.1, -0.05) is 12.1 Å². The number of hydrogen-bond donors (Lipinski definition) is 0. The largest absolute Gasteiger partial charge is 0.377 e. The summed E-state index contributed by atoms with van der Waals surface area (Å²) in [4.78, 5) is 15.3. The third kappa shape index (κ3) is 2.05. The zero-order chi connectivity index (χ0) is 10.7. The van der Waals surface area contributed by atoms with E-state index in [1.807, 2.05) is 43.3 Å². The van der Waals surface area contributed by atoms with Gasteiger partial charge < -0.3 is 9.80 Å². The van der Waals surface area contributed by atoms with Crippen LogP contribution >= 0.6 is 0 Å². The molecule has 0 radical (unpaired) electrons. The average Bonchev–Trinajstić information content (AvgIpc) is 2.16. The Bertz CT molecular complexity index is 332. The van der Waals surface area contributed by atoms with Gasteiger partial charge in [-0.05, 0) is 12.1 Å². The second-order valence-corrected chi connectivity index (χ2v) is 3.61. The van der Waals surface area contributed by atoms with Crippen molar-refractivity contribution in [3.8, 4) is 0 Å². The Hall–Kier alpha value is -1.51. The Labute approximate surface area is 84.9 Å². The van der Waals surface area contributed by atoms with Crippen LogP contribution in [0, 0.1) is 0 Å². The van der Waals surface area contributed by atoms with Crippen LogP contribution in [-0.2, 0) is 0 Å². The number of carbonyl (C=O) groups excluding carboxylic acids is 1. The van der Waals surface area contributed by atoms with E-state index in [1.165, 1.54) is 0 Å². The molecule has 0 saturated heterocycles. The van der Waals surface area contributed by atoms with Gasteiger partial charge in [-0.25, -0.2) is 0 Å². The van der Waals surface area contributed by atoms with Crippen molar-refractivity contribution in [1.82, 2.24) is 4.90 Å². The fourth-order valence-corrected chi connectivity index (χ4v) is 1.29. The maximum Gasteiger partial charge on any atom is 0.255 e. The maximum absolute atomic E-state index is 11.8. The van der Waals surface area contributed by atoms with Crippen LogP contribution < -0.4 is 4.90 Å². The molecule has 0 fully saturated rings. The van der Waals surface area contributed by atoms with Crippen LogP contribution in [-0.4, -0.2) is 39.0 Å². The van der Waals surface area contributed by atoms with Gasteiger partial charge in [0, 0.05) is 33.9 Å². The number of benzene rings is 1. The summed E-state index contributed by atoms with van der Waals surface area (Å²) >= 11 is 0. The summed E-state index contributed by atoms with van der Waals surface area (Å²) in [5, 5.41) is 0. The van der Waals surface area contributed by atoms with Crippen LogP contribution in [0.2, 0.25) is 0 Å². The molecule has 0 aliphatic heterocycles. The quantitative estimate of drug-likeness (QED) is 0.708. The van der Waals surface area contributed by atoms with E-state index in [0.717, 1.165) is 11.3 Å². The van der Waals surface area contributed by atoms with E-state index in [1.54, 1.807) is 19.0 Å². The Balaban J connectivity index is 3.13. The number of amides is 1. The normalized spacial score (nSPS) is 9.71. The second-order valence-electron chi connectivity index (χ2n) is 3.61. The van der Waals surface area contributed by atoms with Crippen LogP contribution in [0.3, 0.4) is 0 Å². The van der Waals surface area contributed by atoms with Crippen LogP contribution in [0.4, 0.5) is 5.69 Å². The molecule has 0 N–H and O–H groups in total. The van der Waals surface area contributed by atoms with Gasteiger partial charge >= 0.3 is 0 Å². The molecule has 0 aliphatic rings. The molecule has 76 valence electrons. The van der Waals surface area contributed by atoms with Gasteiger partial charge in [0.1, 0.15) is 0 Å². The van der Waals surface area contributed by atoms with Crippen LogP contribution in [0.25, 0.3) is 0 Å². The van der Waals surface area contributed by atoms with Gasteiger partial charge in [-0.3, -0.25) is 4.79 Å². The standard InChI is InChI=1S/C11H16N2O/c1-12(2)10-8-6-5-7-9(10)11(14)13(3)4/h5-8H,1-4H3. The van der Waals surface area contributed by atoms with Crippen molar-refractivity contribution < 1.29 is 4.79 Å². The molecule has 3 nitrogen and oxygen atoms in total. The van der Waals surface area contributed by atoms with Gasteiger partial charge in [0.15, 0.2) is 0 Å². The van der Waals surface area contributed by atoms with Crippen molar-refractivity contribution in [1.29, 1.82) is 0 Å². The summed E-state index contributed by atoms with van der Waals surface area (Å²) < 4.78 is 0. The summed E-state index contributed by atoms with van der Waals surface area (Å²) in [5.41, 5.74) is 1.69. The minimum Gasteiger partial charge on any atom is -0.377 e. The summed E-state index contributed by atoms with van der Waals surface area (Å²) in [6, 6.07) is 7.60. The smallest absolute Gasteiger partial charge is 0.255 e. The van der Waals surface area contributed by atoms with Gasteiger partial charge in [-0.2, -0.15) is 0 Å². The molecule has 0 aromatic heterocycles. The lowest BCUT2D eigenvalue weighted by atomic mass is 10.1. The number of para-hydroxylation sites is 1. The first-order valence-electron chi connectivity index (χ1n) is 4.52. The molecule has 1 amide bonds. The van der Waals surface area contributed by atoms with E-state index in [9.17, 15) is 4.79 Å². The molecule has 0 unspecified atom stereocenters. The molecule has 1 aromatic carbocycles. The Kier molecular flexibility index (Phi) is 3.12. The lowest BCUT2D eigenvalue weighted by Gasteiger charge is -2.18. The summed E-state index contributed by atoms with van der Waals surface area (Å²) in [6.45, 7) is 0. The molecule has 0 atom stereocenters. The molecule has 0 spiro atoms. The summed E-state index contributed by atoms with van der Waals surface area (Å²) in [5.74, 6) is 0.0364. The van der Waals surface area contributed by atoms with Crippen LogP contribution in [0.1, 0.15) is 10.4 Å². The van der Waals surface area contributed by atoms with E-state index in [2.05, 4.69) is 0 Å². The Morgan fingerprint density at radius 2 is 1.64 bits per heavy atom. The Morgan fingerprint density at radius 3 is 2.14 bits per heavy atom. The lowest BCUT2D eigenvalue weighted by Crippen LogP contribution is -2.24. The van der Waals surface area contributed by atoms with Crippen molar-refractivity contribution in [2.45, 2.75) is 0 Å². The third-order valence-corrected chi connectivity index (χ3v) is 2.02. The first-order chi connectivity index (χ1) is 6.54. The van der Waals surface area contributed by atoms with E-state index in [4.69, 9.17) is 0 Å². The lowest BCUT2D eigenvalue weighted by molar-refractivity contribution is 0.0828. The first kappa shape index (κ1) is 10.6. The average molecular weight is 192 g/mol. The number of hydrogen-bond acceptors (Lipinski definition) is 2. The van der Waals surface area contributed by atoms with Gasteiger partial charge in [-0.15, -0.1) is 0 Å². The zero-order valence-electron chi connectivity index (χ0n) is 9.11. The molecular weight excluding hydrogens is 176 g/mol. The highest BCUT2D eigenvalue weighted by molar-refractivity contribution is 5.99. The van der Waals surface area contributed by atoms with E-state index in [-0.39, 0.29) is 5.91 Å². The third-order valence-electron chi connectivity index (χ3n) is 2.02. The number of rotatable bonds is 2. The van der Waals surface area contributed by atoms with E-state index in [0.29, 0.717) is 0 Å². The highest BCUT2D eigenvalue weighted by Gasteiger charge is 2.13. The summed E-state index contributed by atoms with van der Waals surface area (Å²) in [6.07, 6.45) is 0. The van der Waals surface area contributed by atoms with E-state index < -0.39 is 0 Å². The topological polar surface area (TPSA) is 23.6 Å². The number of anilines is 1. The first-order valence-corrected chi connectivity index (χ1v) is 4.52. The minimum atomic E-state index is 0.0364. The predicted molar refractivity (Wildman–Crippen MR) is 58.8 cm³/mol. The highest BCUT2D eigenvalue weighted by Crippen LogP contribution is 2.18. The molecule has 1 rings (SSSR count). The van der Waals surface area contributed by atoms with Crippen LogP contribution in [0.5, 0.6) is 0 Å². The predicted octanol–water partition coefficient (Wildman–Crippen LogP) is 1.45. The maximum atomic E-state index is 11.8. The second kappa shape index (κ2) is 4.13. The SMILES string of the molecule is CN(C)C(=O)c1ccccc1N(C)C. The highest BCUT2D eigenvalue weighted by atomic mass is 16.2. The molecule has 0 heterocycles. The monoisotopic (exact) mass is 192 g/mol. The molecule has 0 saturated carbocycles. The van der Waals surface area contributed by atoms with Gasteiger partial charge in [0.05, 0.1) is 5.56 Å². The van der Waals surface area contributed by atoms with Gasteiger partial charge in [0.2, 0.25) is 0 Å². The van der Waals surface area contributed by atoms with E-state index >= 15 is 0 Å². The molecule has 3 heteroatoms. The van der Waals surface area contributed by atoms with Gasteiger partial charge in [0.25, 0.3) is 5.91 Å². The molecular formula is C11H16N2O. The molecule has 1 aromatic rings. The fourth-order valence-electron chi connectivity index (χ4n) is 1.29. The fraction of sp³-hybridized carbons (Fsp3) is 0.364. The van der Waals surface area contributed by atoms with Crippen molar-refractivity contribution in [3.63, 3.8) is 0 Å².